The number of thiocarbonyl (C=S) groups is 1. The van der Waals surface area contributed by atoms with Crippen LogP contribution >= 0.6 is 12.2 Å². The highest BCUT2D eigenvalue weighted by molar-refractivity contribution is 7.80. The Hall–Kier alpha value is -2.01. The maximum atomic E-state index is 5.69. The maximum Gasteiger partial charge on any atom is 0.120 e. The van der Waals surface area contributed by atoms with Crippen molar-refractivity contribution < 1.29 is 9.15 Å². The summed E-state index contributed by atoms with van der Waals surface area (Å²) in [5.74, 6) is 0.754. The van der Waals surface area contributed by atoms with E-state index in [1.54, 1.807) is 19.6 Å². The zero-order valence-electron chi connectivity index (χ0n) is 9.97. The highest BCUT2D eigenvalue weighted by atomic mass is 32.1. The molecule has 94 valence electrons. The first-order valence-corrected chi connectivity index (χ1v) is 5.84. The van der Waals surface area contributed by atoms with Gasteiger partial charge in [0.1, 0.15) is 10.7 Å². The minimum Gasteiger partial charge on any atom is -0.497 e. The standard InChI is InChI=1S/C13H14N2O2S/c1-16-10-2-3-11(13(14)18)12(6-10)15-7-9-4-5-17-8-9/h2-6,8,15H,7H2,1H3,(H2,14,18). The second-order valence-corrected chi connectivity index (χ2v) is 4.20. The third-order valence-electron chi connectivity index (χ3n) is 2.56. The van der Waals surface area contributed by atoms with Crippen molar-refractivity contribution in [3.63, 3.8) is 0 Å². The summed E-state index contributed by atoms with van der Waals surface area (Å²) in [4.78, 5) is 0.354. The van der Waals surface area contributed by atoms with Gasteiger partial charge in [0.25, 0.3) is 0 Å². The van der Waals surface area contributed by atoms with E-state index in [0.29, 0.717) is 11.5 Å². The quantitative estimate of drug-likeness (QED) is 0.811. The normalized spacial score (nSPS) is 10.1. The average Bonchev–Trinajstić information content (AvgIpc) is 2.88. The first-order chi connectivity index (χ1) is 8.70. The first kappa shape index (κ1) is 12.4. The number of nitrogens with one attached hydrogen (secondary N) is 1. The maximum absolute atomic E-state index is 5.69. The molecule has 0 aliphatic rings. The number of hydrogen-bond donors (Lipinski definition) is 2. The highest BCUT2D eigenvalue weighted by Gasteiger charge is 2.07. The van der Waals surface area contributed by atoms with Gasteiger partial charge in [0.05, 0.1) is 19.6 Å². The van der Waals surface area contributed by atoms with Crippen LogP contribution in [-0.4, -0.2) is 12.1 Å². The number of benzene rings is 1. The monoisotopic (exact) mass is 262 g/mol. The Morgan fingerprint density at radius 3 is 2.89 bits per heavy atom. The van der Waals surface area contributed by atoms with E-state index >= 15 is 0 Å². The fourth-order valence-corrected chi connectivity index (χ4v) is 1.78. The van der Waals surface area contributed by atoms with Crippen molar-refractivity contribution >= 4 is 22.9 Å². The molecule has 0 saturated heterocycles. The third-order valence-corrected chi connectivity index (χ3v) is 2.78. The van der Waals surface area contributed by atoms with Crippen molar-refractivity contribution in [3.05, 3.63) is 47.9 Å². The van der Waals surface area contributed by atoms with Gasteiger partial charge in [-0.2, -0.15) is 0 Å². The SMILES string of the molecule is COc1ccc(C(N)=S)c(NCc2ccoc2)c1. The van der Waals surface area contributed by atoms with Crippen molar-refractivity contribution in [1.82, 2.24) is 0 Å². The number of furan rings is 1. The lowest BCUT2D eigenvalue weighted by Crippen LogP contribution is -2.13. The van der Waals surface area contributed by atoms with Gasteiger partial charge in [-0.25, -0.2) is 0 Å². The van der Waals surface area contributed by atoms with E-state index in [2.05, 4.69) is 5.32 Å². The molecule has 0 radical (unpaired) electrons. The van der Waals surface area contributed by atoms with E-state index in [1.165, 1.54) is 0 Å². The lowest BCUT2D eigenvalue weighted by Gasteiger charge is -2.12. The second kappa shape index (κ2) is 5.55. The van der Waals surface area contributed by atoms with E-state index in [-0.39, 0.29) is 0 Å². The molecule has 0 amide bonds. The van der Waals surface area contributed by atoms with E-state index in [0.717, 1.165) is 22.6 Å². The lowest BCUT2D eigenvalue weighted by molar-refractivity contribution is 0.415. The summed E-state index contributed by atoms with van der Waals surface area (Å²) in [7, 11) is 1.62. The molecule has 0 spiro atoms. The van der Waals surface area contributed by atoms with Crippen LogP contribution in [0.25, 0.3) is 0 Å². The summed E-state index contributed by atoms with van der Waals surface area (Å²) < 4.78 is 10.2. The van der Waals surface area contributed by atoms with Crippen molar-refractivity contribution in [1.29, 1.82) is 0 Å². The minimum atomic E-state index is 0.354. The summed E-state index contributed by atoms with van der Waals surface area (Å²) in [5.41, 5.74) is 8.39. The van der Waals surface area contributed by atoms with E-state index in [9.17, 15) is 0 Å². The van der Waals surface area contributed by atoms with Crippen LogP contribution in [-0.2, 0) is 6.54 Å². The largest absolute Gasteiger partial charge is 0.497 e. The fraction of sp³-hybridized carbons (Fsp3) is 0.154. The van der Waals surface area contributed by atoms with E-state index in [1.807, 2.05) is 24.3 Å². The minimum absolute atomic E-state index is 0.354. The van der Waals surface area contributed by atoms with Crippen LogP contribution in [0.2, 0.25) is 0 Å². The Bertz CT molecular complexity index is 538. The molecular weight excluding hydrogens is 248 g/mol. The predicted molar refractivity (Wildman–Crippen MR) is 74.9 cm³/mol. The van der Waals surface area contributed by atoms with Crippen molar-refractivity contribution in [2.75, 3.05) is 12.4 Å². The van der Waals surface area contributed by atoms with Crippen LogP contribution in [0, 0.1) is 0 Å². The average molecular weight is 262 g/mol. The topological polar surface area (TPSA) is 60.4 Å². The van der Waals surface area contributed by atoms with Gasteiger partial charge >= 0.3 is 0 Å². The van der Waals surface area contributed by atoms with Gasteiger partial charge in [-0.3, -0.25) is 0 Å². The molecule has 3 N–H and O–H groups in total. The molecule has 2 aromatic rings. The predicted octanol–water partition coefficient (Wildman–Crippen LogP) is 2.53. The molecule has 5 heteroatoms. The van der Waals surface area contributed by atoms with Gasteiger partial charge in [0.15, 0.2) is 0 Å². The Morgan fingerprint density at radius 1 is 1.44 bits per heavy atom. The van der Waals surface area contributed by atoms with Crippen LogP contribution < -0.4 is 15.8 Å². The molecule has 4 nitrogen and oxygen atoms in total. The molecule has 1 aromatic heterocycles. The zero-order chi connectivity index (χ0) is 13.0. The lowest BCUT2D eigenvalue weighted by atomic mass is 10.1. The van der Waals surface area contributed by atoms with Crippen LogP contribution in [0.1, 0.15) is 11.1 Å². The Balaban J connectivity index is 2.20. The number of anilines is 1. The summed E-state index contributed by atoms with van der Waals surface area (Å²) in [6, 6.07) is 7.44. The summed E-state index contributed by atoms with van der Waals surface area (Å²) in [6.45, 7) is 0.638. The molecule has 1 heterocycles. The van der Waals surface area contributed by atoms with E-state index < -0.39 is 0 Å². The van der Waals surface area contributed by atoms with Crippen LogP contribution in [0.3, 0.4) is 0 Å². The molecular formula is C13H14N2O2S. The molecule has 2 rings (SSSR count). The van der Waals surface area contributed by atoms with Crippen LogP contribution in [0.5, 0.6) is 5.75 Å². The van der Waals surface area contributed by atoms with Gasteiger partial charge < -0.3 is 20.2 Å². The second-order valence-electron chi connectivity index (χ2n) is 3.76. The molecule has 0 unspecified atom stereocenters. The smallest absolute Gasteiger partial charge is 0.120 e. The first-order valence-electron chi connectivity index (χ1n) is 5.43. The molecule has 18 heavy (non-hydrogen) atoms. The Kier molecular flexibility index (Phi) is 3.84. The van der Waals surface area contributed by atoms with Gasteiger partial charge in [0.2, 0.25) is 0 Å². The van der Waals surface area contributed by atoms with Crippen molar-refractivity contribution in [2.24, 2.45) is 5.73 Å². The molecule has 0 fully saturated rings. The summed E-state index contributed by atoms with van der Waals surface area (Å²) >= 11 is 5.02. The van der Waals surface area contributed by atoms with Gasteiger partial charge in [-0.05, 0) is 18.2 Å². The Morgan fingerprint density at radius 2 is 2.28 bits per heavy atom. The van der Waals surface area contributed by atoms with Crippen molar-refractivity contribution in [3.8, 4) is 5.75 Å². The molecule has 0 aliphatic carbocycles. The molecule has 1 aromatic carbocycles. The number of rotatable bonds is 5. The Labute approximate surface area is 111 Å². The molecule has 0 aliphatic heterocycles. The fourth-order valence-electron chi connectivity index (χ4n) is 1.60. The highest BCUT2D eigenvalue weighted by Crippen LogP contribution is 2.23. The number of ether oxygens (including phenoxy) is 1. The van der Waals surface area contributed by atoms with Crippen LogP contribution in [0.15, 0.2) is 41.2 Å². The van der Waals surface area contributed by atoms with Gasteiger partial charge in [-0.15, -0.1) is 0 Å². The number of hydrogen-bond acceptors (Lipinski definition) is 4. The molecule has 0 bridgehead atoms. The summed E-state index contributed by atoms with van der Waals surface area (Å²) in [6.07, 6.45) is 3.32. The van der Waals surface area contributed by atoms with Crippen LogP contribution in [0.4, 0.5) is 5.69 Å². The van der Waals surface area contributed by atoms with Crippen molar-refractivity contribution in [2.45, 2.75) is 6.54 Å². The molecule has 0 saturated carbocycles. The van der Waals surface area contributed by atoms with Gasteiger partial charge in [0, 0.05) is 29.4 Å². The summed E-state index contributed by atoms with van der Waals surface area (Å²) in [5, 5.41) is 3.26. The number of methoxy groups -OCH3 is 1. The number of nitrogens with two attached hydrogens (primary N) is 1. The van der Waals surface area contributed by atoms with E-state index in [4.69, 9.17) is 27.1 Å². The van der Waals surface area contributed by atoms with Gasteiger partial charge in [-0.1, -0.05) is 12.2 Å². The zero-order valence-corrected chi connectivity index (χ0v) is 10.8. The molecule has 0 atom stereocenters. The third kappa shape index (κ3) is 2.81.